The van der Waals surface area contributed by atoms with Crippen LogP contribution in [-0.4, -0.2) is 81.7 Å². The summed E-state index contributed by atoms with van der Waals surface area (Å²) >= 11 is 0. The summed E-state index contributed by atoms with van der Waals surface area (Å²) in [5.74, 6) is 2.69. The molecule has 1 heterocycles. The van der Waals surface area contributed by atoms with Crippen LogP contribution in [0.2, 0.25) is 0 Å². The van der Waals surface area contributed by atoms with Crippen molar-refractivity contribution in [2.45, 2.75) is 34.2 Å². The number of rotatable bonds is 8. The van der Waals surface area contributed by atoms with Crippen molar-refractivity contribution in [1.29, 1.82) is 0 Å². The molecule has 2 N–H and O–H groups in total. The summed E-state index contributed by atoms with van der Waals surface area (Å²) in [6.07, 6.45) is 0. The van der Waals surface area contributed by atoms with E-state index in [9.17, 15) is 4.79 Å². The molecule has 174 valence electrons. The van der Waals surface area contributed by atoms with Gasteiger partial charge in [0.1, 0.15) is 11.5 Å². The highest BCUT2D eigenvalue weighted by atomic mass is 16.5. The number of methoxy groups -OCH3 is 2. The summed E-state index contributed by atoms with van der Waals surface area (Å²) in [5.41, 5.74) is 0.751. The summed E-state index contributed by atoms with van der Waals surface area (Å²) < 4.78 is 10.9. The molecule has 0 bridgehead atoms. The van der Waals surface area contributed by atoms with Crippen molar-refractivity contribution >= 4 is 11.9 Å². The van der Waals surface area contributed by atoms with E-state index in [1.165, 1.54) is 0 Å². The minimum Gasteiger partial charge on any atom is -0.497 e. The number of carbonyl (C=O) groups is 1. The minimum atomic E-state index is -0.379. The van der Waals surface area contributed by atoms with Gasteiger partial charge in [0.2, 0.25) is 5.91 Å². The SMILES string of the molecule is CCNC(=NCCNC(=O)C(C)(C)C)N1CCN(Cc2cc(OC)ccc2OC)CC1. The number of hydrogen-bond donors (Lipinski definition) is 2. The number of aliphatic imine (C=N–C) groups is 1. The van der Waals surface area contributed by atoms with Crippen LogP contribution >= 0.6 is 0 Å². The summed E-state index contributed by atoms with van der Waals surface area (Å²) in [7, 11) is 3.38. The van der Waals surface area contributed by atoms with Crippen molar-refractivity contribution in [3.8, 4) is 11.5 Å². The fraction of sp³-hybridized carbons (Fsp3) is 0.652. The maximum atomic E-state index is 12.0. The summed E-state index contributed by atoms with van der Waals surface area (Å²) in [5, 5.41) is 6.33. The van der Waals surface area contributed by atoms with Gasteiger partial charge in [-0.3, -0.25) is 14.7 Å². The lowest BCUT2D eigenvalue weighted by molar-refractivity contribution is -0.128. The number of guanidine groups is 1. The first kappa shape index (κ1) is 24.8. The van der Waals surface area contributed by atoms with Gasteiger partial charge in [0, 0.05) is 56.8 Å². The zero-order valence-corrected chi connectivity index (χ0v) is 20.0. The molecule has 8 nitrogen and oxygen atoms in total. The molecular formula is C23H39N5O3. The molecule has 1 fully saturated rings. The van der Waals surface area contributed by atoms with Gasteiger partial charge in [-0.25, -0.2) is 0 Å². The zero-order valence-electron chi connectivity index (χ0n) is 20.0. The number of hydrogen-bond acceptors (Lipinski definition) is 5. The Labute approximate surface area is 187 Å². The van der Waals surface area contributed by atoms with Gasteiger partial charge in [-0.15, -0.1) is 0 Å². The van der Waals surface area contributed by atoms with Crippen molar-refractivity contribution in [3.05, 3.63) is 23.8 Å². The molecule has 2 rings (SSSR count). The predicted octanol–water partition coefficient (Wildman–Crippen LogP) is 1.95. The molecular weight excluding hydrogens is 394 g/mol. The Morgan fingerprint density at radius 3 is 2.39 bits per heavy atom. The third-order valence-electron chi connectivity index (χ3n) is 5.23. The Hall–Kier alpha value is -2.48. The molecule has 0 unspecified atom stereocenters. The largest absolute Gasteiger partial charge is 0.497 e. The number of amides is 1. The number of ether oxygens (including phenoxy) is 2. The third kappa shape index (κ3) is 7.61. The van der Waals surface area contributed by atoms with E-state index in [1.54, 1.807) is 14.2 Å². The van der Waals surface area contributed by atoms with Crippen LogP contribution < -0.4 is 20.1 Å². The lowest BCUT2D eigenvalue weighted by Gasteiger charge is -2.36. The van der Waals surface area contributed by atoms with Crippen molar-refractivity contribution in [3.63, 3.8) is 0 Å². The van der Waals surface area contributed by atoms with Crippen molar-refractivity contribution in [1.82, 2.24) is 20.4 Å². The van der Waals surface area contributed by atoms with E-state index in [0.717, 1.165) is 62.3 Å². The Bertz CT molecular complexity index is 737. The number of carbonyl (C=O) groups excluding carboxylic acids is 1. The topological polar surface area (TPSA) is 78.4 Å². The van der Waals surface area contributed by atoms with Crippen molar-refractivity contribution in [2.24, 2.45) is 10.4 Å². The van der Waals surface area contributed by atoms with Gasteiger partial charge >= 0.3 is 0 Å². The second kappa shape index (κ2) is 11.8. The first-order valence-corrected chi connectivity index (χ1v) is 11.0. The molecule has 8 heteroatoms. The standard InChI is InChI=1S/C23H39N5O3/c1-7-24-22(26-11-10-25-21(29)23(2,3)4)28-14-12-27(13-15-28)17-18-16-19(30-5)8-9-20(18)31-6/h8-9,16H,7,10-15,17H2,1-6H3,(H,24,26)(H,25,29). The number of nitrogens with one attached hydrogen (secondary N) is 2. The molecule has 0 atom stereocenters. The lowest BCUT2D eigenvalue weighted by atomic mass is 9.96. The van der Waals surface area contributed by atoms with Crippen LogP contribution in [0.25, 0.3) is 0 Å². The van der Waals surface area contributed by atoms with Crippen LogP contribution in [0.15, 0.2) is 23.2 Å². The third-order valence-corrected chi connectivity index (χ3v) is 5.23. The monoisotopic (exact) mass is 433 g/mol. The Kier molecular flexibility index (Phi) is 9.43. The number of piperazine rings is 1. The number of nitrogens with zero attached hydrogens (tertiary/aromatic N) is 3. The van der Waals surface area contributed by atoms with Crippen molar-refractivity contribution < 1.29 is 14.3 Å². The van der Waals surface area contributed by atoms with E-state index in [2.05, 4.69) is 27.4 Å². The van der Waals surface area contributed by atoms with E-state index in [4.69, 9.17) is 14.5 Å². The normalized spacial score (nSPS) is 15.5. The smallest absolute Gasteiger partial charge is 0.225 e. The molecule has 0 aromatic heterocycles. The average Bonchev–Trinajstić information content (AvgIpc) is 2.75. The Morgan fingerprint density at radius 1 is 1.10 bits per heavy atom. The van der Waals surface area contributed by atoms with Gasteiger partial charge in [-0.05, 0) is 25.1 Å². The second-order valence-electron chi connectivity index (χ2n) is 8.68. The maximum Gasteiger partial charge on any atom is 0.225 e. The molecule has 1 aliphatic heterocycles. The van der Waals surface area contributed by atoms with Crippen LogP contribution in [0, 0.1) is 5.41 Å². The highest BCUT2D eigenvalue weighted by molar-refractivity contribution is 5.81. The number of benzene rings is 1. The fourth-order valence-corrected chi connectivity index (χ4v) is 3.39. The quantitative estimate of drug-likeness (QED) is 0.371. The molecule has 1 aromatic rings. The molecule has 1 aliphatic rings. The van der Waals surface area contributed by atoms with Crippen LogP contribution in [0.1, 0.15) is 33.3 Å². The zero-order chi connectivity index (χ0) is 22.9. The molecule has 0 radical (unpaired) electrons. The highest BCUT2D eigenvalue weighted by Crippen LogP contribution is 2.25. The van der Waals surface area contributed by atoms with Gasteiger partial charge in [-0.2, -0.15) is 0 Å². The van der Waals surface area contributed by atoms with E-state index in [-0.39, 0.29) is 11.3 Å². The van der Waals surface area contributed by atoms with Crippen LogP contribution in [-0.2, 0) is 11.3 Å². The summed E-state index contributed by atoms with van der Waals surface area (Å²) in [4.78, 5) is 21.4. The van der Waals surface area contributed by atoms with Gasteiger partial charge < -0.3 is 25.0 Å². The van der Waals surface area contributed by atoms with Crippen LogP contribution in [0.3, 0.4) is 0 Å². The fourth-order valence-electron chi connectivity index (χ4n) is 3.39. The van der Waals surface area contributed by atoms with Gasteiger partial charge in [0.15, 0.2) is 5.96 Å². The maximum absolute atomic E-state index is 12.0. The molecule has 31 heavy (non-hydrogen) atoms. The highest BCUT2D eigenvalue weighted by Gasteiger charge is 2.22. The molecule has 1 aromatic carbocycles. The molecule has 0 aliphatic carbocycles. The van der Waals surface area contributed by atoms with E-state index < -0.39 is 0 Å². The van der Waals surface area contributed by atoms with E-state index in [1.807, 2.05) is 39.0 Å². The van der Waals surface area contributed by atoms with E-state index in [0.29, 0.717) is 13.1 Å². The average molecular weight is 434 g/mol. The predicted molar refractivity (Wildman–Crippen MR) is 125 cm³/mol. The molecule has 1 amide bonds. The van der Waals surface area contributed by atoms with E-state index >= 15 is 0 Å². The first-order valence-electron chi connectivity index (χ1n) is 11.0. The first-order chi connectivity index (χ1) is 14.8. The second-order valence-corrected chi connectivity index (χ2v) is 8.68. The lowest BCUT2D eigenvalue weighted by Crippen LogP contribution is -2.52. The van der Waals surface area contributed by atoms with Crippen molar-refractivity contribution in [2.75, 3.05) is 60.0 Å². The van der Waals surface area contributed by atoms with Gasteiger partial charge in [0.25, 0.3) is 0 Å². The van der Waals surface area contributed by atoms with Gasteiger partial charge in [0.05, 0.1) is 20.8 Å². The Balaban J connectivity index is 1.89. The van der Waals surface area contributed by atoms with Crippen LogP contribution in [0.4, 0.5) is 0 Å². The molecule has 0 saturated carbocycles. The van der Waals surface area contributed by atoms with Gasteiger partial charge in [-0.1, -0.05) is 20.8 Å². The van der Waals surface area contributed by atoms with Crippen LogP contribution in [0.5, 0.6) is 11.5 Å². The Morgan fingerprint density at radius 2 is 1.81 bits per heavy atom. The molecule has 0 spiro atoms. The minimum absolute atomic E-state index is 0.0503. The molecule has 1 saturated heterocycles. The summed E-state index contributed by atoms with van der Waals surface area (Å²) in [6, 6.07) is 5.92. The summed E-state index contributed by atoms with van der Waals surface area (Å²) in [6.45, 7) is 14.2.